The molecule has 0 aliphatic carbocycles. The molecule has 1 aromatic heterocycles. The van der Waals surface area contributed by atoms with Crippen LogP contribution in [0.2, 0.25) is 0 Å². The van der Waals surface area contributed by atoms with Crippen LogP contribution in [-0.2, 0) is 6.42 Å². The van der Waals surface area contributed by atoms with Gasteiger partial charge in [-0.25, -0.2) is 9.97 Å². The molecule has 3 aromatic carbocycles. The van der Waals surface area contributed by atoms with Crippen LogP contribution in [0.4, 0.5) is 5.82 Å². The highest BCUT2D eigenvalue weighted by molar-refractivity contribution is 5.94. The van der Waals surface area contributed by atoms with Crippen molar-refractivity contribution in [3.8, 4) is 17.2 Å². The van der Waals surface area contributed by atoms with Crippen molar-refractivity contribution in [1.82, 2.24) is 15.3 Å². The molecular formula is C28H27N5O. The van der Waals surface area contributed by atoms with Crippen LogP contribution in [0.25, 0.3) is 22.0 Å². The standard InChI is InChI=1S/C28H27N5O/c1-3-33(4-2)27-25-17-23(11-12-26(25)31-19-32-27)22-9-5-7-20(15-22)13-14-30-28(34)24-10-6-8-21(16-24)18-29/h5-12,15-17,19H,3-4,13-14H2,1-2H3,(H,30,34). The first kappa shape index (κ1) is 22.9. The Bertz CT molecular complexity index is 1350. The number of nitrogens with one attached hydrogen (secondary N) is 1. The van der Waals surface area contributed by atoms with Gasteiger partial charge in [0.1, 0.15) is 12.1 Å². The quantitative estimate of drug-likeness (QED) is 0.410. The highest BCUT2D eigenvalue weighted by Gasteiger charge is 2.11. The van der Waals surface area contributed by atoms with E-state index in [-0.39, 0.29) is 5.91 Å². The molecule has 0 saturated carbocycles. The van der Waals surface area contributed by atoms with Crippen molar-refractivity contribution < 1.29 is 4.79 Å². The normalized spacial score (nSPS) is 10.6. The number of anilines is 1. The van der Waals surface area contributed by atoms with E-state index in [1.165, 1.54) is 0 Å². The summed E-state index contributed by atoms with van der Waals surface area (Å²) in [7, 11) is 0. The van der Waals surface area contributed by atoms with E-state index in [0.29, 0.717) is 24.1 Å². The summed E-state index contributed by atoms with van der Waals surface area (Å²) in [6.07, 6.45) is 2.33. The van der Waals surface area contributed by atoms with E-state index in [4.69, 9.17) is 5.26 Å². The van der Waals surface area contributed by atoms with Gasteiger partial charge >= 0.3 is 0 Å². The number of nitriles is 1. The van der Waals surface area contributed by atoms with Crippen molar-refractivity contribution >= 4 is 22.6 Å². The van der Waals surface area contributed by atoms with E-state index in [9.17, 15) is 4.79 Å². The van der Waals surface area contributed by atoms with Gasteiger partial charge in [0.15, 0.2) is 0 Å². The van der Waals surface area contributed by atoms with E-state index in [0.717, 1.165) is 46.5 Å². The van der Waals surface area contributed by atoms with Gasteiger partial charge in [0.25, 0.3) is 5.91 Å². The Morgan fingerprint density at radius 3 is 2.56 bits per heavy atom. The van der Waals surface area contributed by atoms with Gasteiger partial charge in [0, 0.05) is 30.6 Å². The SMILES string of the molecule is CCN(CC)c1ncnc2ccc(-c3cccc(CCNC(=O)c4cccc(C#N)c4)c3)cc12. The molecule has 0 radical (unpaired) electrons. The number of carbonyl (C=O) groups excluding carboxylic acids is 1. The van der Waals surface area contributed by atoms with Crippen molar-refractivity contribution in [2.24, 2.45) is 0 Å². The number of amides is 1. The Morgan fingerprint density at radius 2 is 1.76 bits per heavy atom. The highest BCUT2D eigenvalue weighted by atomic mass is 16.1. The van der Waals surface area contributed by atoms with Crippen LogP contribution in [0.15, 0.2) is 73.1 Å². The topological polar surface area (TPSA) is 81.9 Å². The second-order valence-corrected chi connectivity index (χ2v) is 8.00. The molecular weight excluding hydrogens is 422 g/mol. The number of rotatable bonds is 8. The molecule has 0 unspecified atom stereocenters. The molecule has 0 aliphatic heterocycles. The number of aromatic nitrogens is 2. The van der Waals surface area contributed by atoms with Gasteiger partial charge in [-0.3, -0.25) is 4.79 Å². The fourth-order valence-corrected chi connectivity index (χ4v) is 4.06. The second-order valence-electron chi connectivity index (χ2n) is 8.00. The molecule has 0 aliphatic rings. The molecule has 0 fully saturated rings. The number of hydrogen-bond donors (Lipinski definition) is 1. The maximum absolute atomic E-state index is 12.4. The molecule has 4 rings (SSSR count). The first-order valence-corrected chi connectivity index (χ1v) is 11.5. The molecule has 6 heteroatoms. The van der Waals surface area contributed by atoms with Crippen molar-refractivity contribution in [2.75, 3.05) is 24.5 Å². The predicted molar refractivity (Wildman–Crippen MR) is 136 cm³/mol. The number of nitrogens with zero attached hydrogens (tertiary/aromatic N) is 4. The smallest absolute Gasteiger partial charge is 0.251 e. The Labute approximate surface area is 199 Å². The number of fused-ring (bicyclic) bond motifs is 1. The molecule has 0 atom stereocenters. The summed E-state index contributed by atoms with van der Waals surface area (Å²) in [5.41, 5.74) is 5.26. The van der Waals surface area contributed by atoms with E-state index in [2.05, 4.69) is 70.4 Å². The molecule has 0 bridgehead atoms. The van der Waals surface area contributed by atoms with Gasteiger partial charge in [0.05, 0.1) is 17.1 Å². The molecule has 1 heterocycles. The lowest BCUT2D eigenvalue weighted by atomic mass is 10.00. The summed E-state index contributed by atoms with van der Waals surface area (Å²) >= 11 is 0. The highest BCUT2D eigenvalue weighted by Crippen LogP contribution is 2.29. The molecule has 34 heavy (non-hydrogen) atoms. The van der Waals surface area contributed by atoms with E-state index in [1.54, 1.807) is 30.6 Å². The predicted octanol–water partition coefficient (Wildman–Crippen LogP) is 4.99. The Hall–Kier alpha value is -4.24. The zero-order valence-electron chi connectivity index (χ0n) is 19.5. The largest absolute Gasteiger partial charge is 0.357 e. The summed E-state index contributed by atoms with van der Waals surface area (Å²) in [6.45, 7) is 6.54. The van der Waals surface area contributed by atoms with E-state index in [1.807, 2.05) is 12.1 Å². The third kappa shape index (κ3) is 5.05. The van der Waals surface area contributed by atoms with Crippen molar-refractivity contribution in [2.45, 2.75) is 20.3 Å². The summed E-state index contributed by atoms with van der Waals surface area (Å²) in [4.78, 5) is 23.6. The van der Waals surface area contributed by atoms with Crippen LogP contribution >= 0.6 is 0 Å². The summed E-state index contributed by atoms with van der Waals surface area (Å²) in [5.74, 6) is 0.780. The maximum atomic E-state index is 12.4. The molecule has 170 valence electrons. The fraction of sp³-hybridized carbons (Fsp3) is 0.214. The average molecular weight is 450 g/mol. The molecule has 6 nitrogen and oxygen atoms in total. The van der Waals surface area contributed by atoms with Gasteiger partial charge < -0.3 is 10.2 Å². The molecule has 1 amide bonds. The van der Waals surface area contributed by atoms with E-state index >= 15 is 0 Å². The number of benzene rings is 3. The van der Waals surface area contributed by atoms with Crippen LogP contribution in [0.3, 0.4) is 0 Å². The van der Waals surface area contributed by atoms with Gasteiger partial charge in [0.2, 0.25) is 0 Å². The first-order valence-electron chi connectivity index (χ1n) is 11.5. The minimum absolute atomic E-state index is 0.174. The minimum Gasteiger partial charge on any atom is -0.357 e. The Kier molecular flexibility index (Phi) is 7.14. The lowest BCUT2D eigenvalue weighted by Crippen LogP contribution is -2.25. The Balaban J connectivity index is 1.50. The maximum Gasteiger partial charge on any atom is 0.251 e. The van der Waals surface area contributed by atoms with Crippen LogP contribution in [0.1, 0.15) is 35.3 Å². The van der Waals surface area contributed by atoms with Crippen LogP contribution in [0, 0.1) is 11.3 Å². The molecule has 0 spiro atoms. The summed E-state index contributed by atoms with van der Waals surface area (Å²) < 4.78 is 0. The van der Waals surface area contributed by atoms with Gasteiger partial charge in [-0.1, -0.05) is 36.4 Å². The van der Waals surface area contributed by atoms with Gasteiger partial charge in [-0.2, -0.15) is 5.26 Å². The average Bonchev–Trinajstić information content (AvgIpc) is 2.89. The molecule has 1 N–H and O–H groups in total. The third-order valence-electron chi connectivity index (χ3n) is 5.89. The van der Waals surface area contributed by atoms with Crippen LogP contribution in [-0.4, -0.2) is 35.5 Å². The lowest BCUT2D eigenvalue weighted by molar-refractivity contribution is 0.0954. The number of hydrogen-bond acceptors (Lipinski definition) is 5. The van der Waals surface area contributed by atoms with Crippen LogP contribution in [0.5, 0.6) is 0 Å². The second kappa shape index (κ2) is 10.6. The zero-order valence-corrected chi connectivity index (χ0v) is 19.5. The molecule has 0 saturated heterocycles. The first-order chi connectivity index (χ1) is 16.6. The van der Waals surface area contributed by atoms with E-state index < -0.39 is 0 Å². The van der Waals surface area contributed by atoms with Crippen LogP contribution < -0.4 is 10.2 Å². The van der Waals surface area contributed by atoms with Gasteiger partial charge in [-0.05, 0) is 67.3 Å². The summed E-state index contributed by atoms with van der Waals surface area (Å²) in [6, 6.07) is 23.4. The fourth-order valence-electron chi connectivity index (χ4n) is 4.06. The summed E-state index contributed by atoms with van der Waals surface area (Å²) in [5, 5.41) is 13.0. The van der Waals surface area contributed by atoms with Crippen molar-refractivity contribution in [3.63, 3.8) is 0 Å². The minimum atomic E-state index is -0.174. The monoisotopic (exact) mass is 449 g/mol. The van der Waals surface area contributed by atoms with Gasteiger partial charge in [-0.15, -0.1) is 0 Å². The third-order valence-corrected chi connectivity index (χ3v) is 5.89. The Morgan fingerprint density at radius 1 is 0.971 bits per heavy atom. The molecule has 4 aromatic rings. The lowest BCUT2D eigenvalue weighted by Gasteiger charge is -2.21. The zero-order chi connectivity index (χ0) is 23.9. The number of carbonyl (C=O) groups is 1. The van der Waals surface area contributed by atoms with Crippen molar-refractivity contribution in [3.05, 3.63) is 89.7 Å². The van der Waals surface area contributed by atoms with Crippen molar-refractivity contribution in [1.29, 1.82) is 5.26 Å².